The van der Waals surface area contributed by atoms with E-state index < -0.39 is 6.10 Å². The maximum Gasteiger partial charge on any atom is 0.123 e. The molecule has 0 aliphatic carbocycles. The molecule has 1 aromatic heterocycles. The van der Waals surface area contributed by atoms with E-state index in [9.17, 15) is 5.11 Å². The lowest BCUT2D eigenvalue weighted by Gasteiger charge is -2.10. The Morgan fingerprint density at radius 1 is 1.38 bits per heavy atom. The van der Waals surface area contributed by atoms with Crippen LogP contribution in [0.25, 0.3) is 0 Å². The van der Waals surface area contributed by atoms with E-state index >= 15 is 0 Å². The average Bonchev–Trinajstić information content (AvgIpc) is 2.67. The average molecular weight is 274 g/mol. The lowest BCUT2D eigenvalue weighted by Crippen LogP contribution is -2.01. The molecule has 1 heterocycles. The van der Waals surface area contributed by atoms with E-state index in [0.717, 1.165) is 5.01 Å². The first-order valence-electron chi connectivity index (χ1n) is 4.63. The van der Waals surface area contributed by atoms with Crippen LogP contribution in [0.15, 0.2) is 23.6 Å². The largest absolute Gasteiger partial charge is 0.382 e. The third-order valence-corrected chi connectivity index (χ3v) is 3.54. The Morgan fingerprint density at radius 2 is 2.12 bits per heavy atom. The normalized spacial score (nSPS) is 12.8. The van der Waals surface area contributed by atoms with Crippen molar-refractivity contribution in [1.82, 2.24) is 4.98 Å². The van der Waals surface area contributed by atoms with Crippen LogP contribution in [0.2, 0.25) is 10.0 Å². The van der Waals surface area contributed by atoms with E-state index in [4.69, 9.17) is 23.2 Å². The molecule has 0 bridgehead atoms. The van der Waals surface area contributed by atoms with Crippen molar-refractivity contribution in [2.75, 3.05) is 0 Å². The van der Waals surface area contributed by atoms with E-state index in [-0.39, 0.29) is 0 Å². The van der Waals surface area contributed by atoms with Crippen LogP contribution in [0.1, 0.15) is 22.4 Å². The summed E-state index contributed by atoms with van der Waals surface area (Å²) in [5.74, 6) is 0. The maximum absolute atomic E-state index is 10.1. The van der Waals surface area contributed by atoms with E-state index in [2.05, 4.69) is 4.98 Å². The fraction of sp³-hybridized carbons (Fsp3) is 0.182. The zero-order valence-electron chi connectivity index (χ0n) is 8.45. The van der Waals surface area contributed by atoms with Crippen LogP contribution in [0.3, 0.4) is 0 Å². The Kier molecular flexibility index (Phi) is 3.50. The standard InChI is InChI=1S/C11H9Cl2NOS/c1-6-14-10(5-16-6)11(15)8-4-7(12)2-3-9(8)13/h2-5,11,15H,1H3. The summed E-state index contributed by atoms with van der Waals surface area (Å²) in [5.41, 5.74) is 1.19. The summed E-state index contributed by atoms with van der Waals surface area (Å²) >= 11 is 13.4. The fourth-order valence-corrected chi connectivity index (χ4v) is 2.42. The van der Waals surface area contributed by atoms with Crippen LogP contribution in [0.4, 0.5) is 0 Å². The van der Waals surface area contributed by atoms with Crippen LogP contribution in [-0.2, 0) is 0 Å². The highest BCUT2D eigenvalue weighted by Gasteiger charge is 2.16. The molecule has 5 heteroatoms. The van der Waals surface area contributed by atoms with Crippen molar-refractivity contribution < 1.29 is 5.11 Å². The molecule has 0 radical (unpaired) electrons. The van der Waals surface area contributed by atoms with Gasteiger partial charge < -0.3 is 5.11 Å². The summed E-state index contributed by atoms with van der Waals surface area (Å²) in [5, 5.41) is 13.9. The molecule has 2 nitrogen and oxygen atoms in total. The minimum Gasteiger partial charge on any atom is -0.382 e. The smallest absolute Gasteiger partial charge is 0.123 e. The highest BCUT2D eigenvalue weighted by atomic mass is 35.5. The van der Waals surface area contributed by atoms with Gasteiger partial charge >= 0.3 is 0 Å². The van der Waals surface area contributed by atoms with Gasteiger partial charge in [-0.05, 0) is 25.1 Å². The van der Waals surface area contributed by atoms with Crippen molar-refractivity contribution in [3.63, 3.8) is 0 Å². The van der Waals surface area contributed by atoms with Gasteiger partial charge in [0.2, 0.25) is 0 Å². The molecule has 0 aliphatic rings. The van der Waals surface area contributed by atoms with E-state index in [1.165, 1.54) is 11.3 Å². The molecule has 1 aromatic carbocycles. The first-order chi connectivity index (χ1) is 7.58. The molecule has 0 amide bonds. The second-order valence-corrected chi connectivity index (χ2v) is 5.27. The van der Waals surface area contributed by atoms with Crippen LogP contribution < -0.4 is 0 Å². The third kappa shape index (κ3) is 2.38. The van der Waals surface area contributed by atoms with Crippen molar-refractivity contribution in [1.29, 1.82) is 0 Å². The van der Waals surface area contributed by atoms with Crippen molar-refractivity contribution >= 4 is 34.5 Å². The van der Waals surface area contributed by atoms with Crippen molar-refractivity contribution in [2.24, 2.45) is 0 Å². The lowest BCUT2D eigenvalue weighted by atomic mass is 10.1. The fourth-order valence-electron chi connectivity index (χ4n) is 1.39. The highest BCUT2D eigenvalue weighted by Crippen LogP contribution is 2.30. The van der Waals surface area contributed by atoms with Crippen molar-refractivity contribution in [2.45, 2.75) is 13.0 Å². The van der Waals surface area contributed by atoms with Gasteiger partial charge in [-0.3, -0.25) is 0 Å². The van der Waals surface area contributed by atoms with Gasteiger partial charge in [0.25, 0.3) is 0 Å². The molecule has 1 atom stereocenters. The summed E-state index contributed by atoms with van der Waals surface area (Å²) in [6.45, 7) is 1.89. The number of hydrogen-bond acceptors (Lipinski definition) is 3. The Hall–Kier alpha value is -0.610. The van der Waals surface area contributed by atoms with E-state index in [1.807, 2.05) is 12.3 Å². The van der Waals surface area contributed by atoms with Crippen LogP contribution >= 0.6 is 34.5 Å². The molecule has 1 N–H and O–H groups in total. The topological polar surface area (TPSA) is 33.1 Å². The summed E-state index contributed by atoms with van der Waals surface area (Å²) < 4.78 is 0. The van der Waals surface area contributed by atoms with Crippen LogP contribution in [0.5, 0.6) is 0 Å². The monoisotopic (exact) mass is 273 g/mol. The van der Waals surface area contributed by atoms with Gasteiger partial charge in [0.1, 0.15) is 6.10 Å². The SMILES string of the molecule is Cc1nc(C(O)c2cc(Cl)ccc2Cl)cs1. The third-order valence-electron chi connectivity index (χ3n) is 2.17. The number of aromatic nitrogens is 1. The predicted molar refractivity (Wildman–Crippen MR) is 67.4 cm³/mol. The Morgan fingerprint density at radius 3 is 2.75 bits per heavy atom. The van der Waals surface area contributed by atoms with Gasteiger partial charge in [0.05, 0.1) is 10.7 Å². The lowest BCUT2D eigenvalue weighted by molar-refractivity contribution is 0.216. The number of aryl methyl sites for hydroxylation is 1. The van der Waals surface area contributed by atoms with Gasteiger partial charge in [0, 0.05) is 21.0 Å². The molecule has 0 saturated carbocycles. The number of benzene rings is 1. The first-order valence-corrected chi connectivity index (χ1v) is 6.26. The number of hydrogen-bond donors (Lipinski definition) is 1. The summed E-state index contributed by atoms with van der Waals surface area (Å²) in [6, 6.07) is 5.01. The molecule has 1 unspecified atom stereocenters. The molecule has 16 heavy (non-hydrogen) atoms. The molecular formula is C11H9Cl2NOS. The number of nitrogens with zero attached hydrogens (tertiary/aromatic N) is 1. The van der Waals surface area contributed by atoms with Crippen LogP contribution in [-0.4, -0.2) is 10.1 Å². The van der Waals surface area contributed by atoms with E-state index in [1.54, 1.807) is 18.2 Å². The second-order valence-electron chi connectivity index (χ2n) is 3.36. The number of halogens is 2. The number of thiazole rings is 1. The summed E-state index contributed by atoms with van der Waals surface area (Å²) in [4.78, 5) is 4.22. The summed E-state index contributed by atoms with van der Waals surface area (Å²) in [6.07, 6.45) is -0.823. The highest BCUT2D eigenvalue weighted by molar-refractivity contribution is 7.09. The zero-order chi connectivity index (χ0) is 11.7. The molecule has 2 rings (SSSR count). The first kappa shape index (κ1) is 11.9. The molecule has 0 aliphatic heterocycles. The molecule has 84 valence electrons. The minimum atomic E-state index is -0.823. The Bertz CT molecular complexity index is 512. The van der Waals surface area contributed by atoms with Crippen molar-refractivity contribution in [3.8, 4) is 0 Å². The Labute approximate surface area is 107 Å². The molecule has 0 spiro atoms. The predicted octanol–water partition coefficient (Wildman–Crippen LogP) is 3.84. The van der Waals surface area contributed by atoms with Crippen LogP contribution in [0, 0.1) is 6.92 Å². The van der Waals surface area contributed by atoms with Gasteiger partial charge in [0.15, 0.2) is 0 Å². The molecule has 2 aromatic rings. The van der Waals surface area contributed by atoms with Gasteiger partial charge in [-0.1, -0.05) is 23.2 Å². The van der Waals surface area contributed by atoms with E-state index in [0.29, 0.717) is 21.3 Å². The van der Waals surface area contributed by atoms with Gasteiger partial charge in [-0.15, -0.1) is 11.3 Å². The summed E-state index contributed by atoms with van der Waals surface area (Å²) in [7, 11) is 0. The van der Waals surface area contributed by atoms with Gasteiger partial charge in [-0.25, -0.2) is 4.98 Å². The molecule has 0 fully saturated rings. The quantitative estimate of drug-likeness (QED) is 0.902. The molecule has 0 saturated heterocycles. The van der Waals surface area contributed by atoms with Crippen molar-refractivity contribution in [3.05, 3.63) is 49.9 Å². The number of aliphatic hydroxyl groups is 1. The molecular weight excluding hydrogens is 265 g/mol. The zero-order valence-corrected chi connectivity index (χ0v) is 10.8. The second kappa shape index (κ2) is 4.72. The number of rotatable bonds is 2. The maximum atomic E-state index is 10.1. The number of aliphatic hydroxyl groups excluding tert-OH is 1. The Balaban J connectivity index is 2.40. The minimum absolute atomic E-state index is 0.488. The van der Waals surface area contributed by atoms with Gasteiger partial charge in [-0.2, -0.15) is 0 Å².